The van der Waals surface area contributed by atoms with E-state index in [1.54, 1.807) is 14.2 Å². The van der Waals surface area contributed by atoms with Crippen molar-refractivity contribution in [1.29, 1.82) is 0 Å². The van der Waals surface area contributed by atoms with Gasteiger partial charge in [0.05, 0.1) is 19.8 Å². The number of nitrogens with zero attached hydrogens (tertiary/aromatic N) is 2. The molecule has 0 spiro atoms. The summed E-state index contributed by atoms with van der Waals surface area (Å²) >= 11 is 0. The number of ether oxygens (including phenoxy) is 3. The molecule has 1 aliphatic heterocycles. The minimum absolute atomic E-state index is 0.254. The van der Waals surface area contributed by atoms with Crippen LogP contribution in [0.1, 0.15) is 76.4 Å². The van der Waals surface area contributed by atoms with Crippen LogP contribution in [0.3, 0.4) is 0 Å². The highest BCUT2D eigenvalue weighted by Gasteiger charge is 2.32. The van der Waals surface area contributed by atoms with Crippen LogP contribution in [0.15, 0.2) is 60.7 Å². The van der Waals surface area contributed by atoms with Crippen molar-refractivity contribution in [2.45, 2.75) is 71.8 Å². The van der Waals surface area contributed by atoms with Gasteiger partial charge in [-0.05, 0) is 85.3 Å². The Morgan fingerprint density at radius 2 is 1.43 bits per heavy atom. The molecule has 3 aromatic rings. The van der Waals surface area contributed by atoms with Crippen molar-refractivity contribution in [2.24, 2.45) is 5.92 Å². The topological polar surface area (TPSA) is 51.2 Å². The zero-order chi connectivity index (χ0) is 30.8. The van der Waals surface area contributed by atoms with Crippen LogP contribution in [-0.2, 0) is 10.8 Å². The molecule has 0 saturated carbocycles. The molecule has 0 N–H and O–H groups in total. The Morgan fingerprint density at radius 1 is 0.833 bits per heavy atom. The number of piperidine rings is 1. The number of likely N-dealkylation sites (tertiary alicyclic amines) is 1. The molecule has 1 saturated heterocycles. The lowest BCUT2D eigenvalue weighted by molar-refractivity contribution is 0.0728. The first kappa shape index (κ1) is 31.4. The van der Waals surface area contributed by atoms with Crippen LogP contribution in [0.4, 0.5) is 11.4 Å². The Morgan fingerprint density at radius 3 is 1.95 bits per heavy atom. The van der Waals surface area contributed by atoms with Crippen LogP contribution in [0, 0.1) is 5.92 Å². The lowest BCUT2D eigenvalue weighted by atomic mass is 9.79. The smallest absolute Gasteiger partial charge is 0.343 e. The third kappa shape index (κ3) is 6.92. The van der Waals surface area contributed by atoms with Crippen molar-refractivity contribution in [3.63, 3.8) is 0 Å². The Kier molecular flexibility index (Phi) is 9.27. The molecule has 6 heteroatoms. The molecule has 0 amide bonds. The quantitative estimate of drug-likeness (QED) is 0.211. The lowest BCUT2D eigenvalue weighted by Gasteiger charge is -2.43. The average Bonchev–Trinajstić information content (AvgIpc) is 2.93. The van der Waals surface area contributed by atoms with E-state index < -0.39 is 0 Å². The van der Waals surface area contributed by atoms with Gasteiger partial charge in [0.25, 0.3) is 0 Å². The zero-order valence-corrected chi connectivity index (χ0v) is 27.1. The van der Waals surface area contributed by atoms with Crippen molar-refractivity contribution >= 4 is 17.3 Å². The number of esters is 1. The van der Waals surface area contributed by atoms with E-state index in [2.05, 4.69) is 77.4 Å². The van der Waals surface area contributed by atoms with Gasteiger partial charge in [-0.25, -0.2) is 4.79 Å². The van der Waals surface area contributed by atoms with Crippen LogP contribution in [0.2, 0.25) is 0 Å². The molecular weight excluding hydrogens is 524 g/mol. The minimum Gasteiger partial charge on any atom is -0.497 e. The summed E-state index contributed by atoms with van der Waals surface area (Å²) in [4.78, 5) is 18.4. The molecule has 0 unspecified atom stereocenters. The predicted molar refractivity (Wildman–Crippen MR) is 172 cm³/mol. The molecule has 0 radical (unpaired) electrons. The fourth-order valence-electron chi connectivity index (χ4n) is 5.87. The first-order valence-electron chi connectivity index (χ1n) is 14.9. The second kappa shape index (κ2) is 12.4. The number of rotatable bonds is 7. The van der Waals surface area contributed by atoms with Crippen molar-refractivity contribution < 1.29 is 19.0 Å². The van der Waals surface area contributed by atoms with Gasteiger partial charge in [-0.1, -0.05) is 54.5 Å². The molecule has 0 bridgehead atoms. The summed E-state index contributed by atoms with van der Waals surface area (Å²) in [7, 11) is 5.55. The molecule has 1 aliphatic rings. The van der Waals surface area contributed by atoms with Crippen molar-refractivity contribution in [2.75, 3.05) is 39.3 Å². The highest BCUT2D eigenvalue weighted by atomic mass is 16.5. The summed E-state index contributed by atoms with van der Waals surface area (Å²) in [5.41, 5.74) is 4.00. The molecule has 0 aliphatic carbocycles. The number of hydrogen-bond acceptors (Lipinski definition) is 6. The fraction of sp³-hybridized carbons (Fsp3) is 0.472. The maximum atomic E-state index is 13.7. The van der Waals surface area contributed by atoms with E-state index in [4.69, 9.17) is 14.2 Å². The zero-order valence-electron chi connectivity index (χ0n) is 27.1. The second-order valence-electron chi connectivity index (χ2n) is 13.7. The van der Waals surface area contributed by atoms with Gasteiger partial charge in [0, 0.05) is 41.2 Å². The Labute approximate surface area is 252 Å². The number of methoxy groups -OCH3 is 2. The molecule has 4 rings (SSSR count). The molecule has 1 fully saturated rings. The van der Waals surface area contributed by atoms with E-state index in [1.807, 2.05) is 48.5 Å². The summed E-state index contributed by atoms with van der Waals surface area (Å²) in [5.74, 6) is 2.28. The standard InChI is InChI=1S/C36H48N2O4/c1-24-23-37(8)19-18-32(24)38(27-12-11-13-28(20-27)40-9)26-16-14-25(15-17-26)34(39)42-33-30(35(2,3)4)21-29(41-10)22-31(33)36(5,6)7/h11-17,20-22,24,32H,18-19,23H2,1-10H3/t24-,32-/m1/s1. The SMILES string of the molecule is COc1cccc(N(c2ccc(C(=O)Oc3c(C(C)(C)C)cc(OC)cc3C(C)(C)C)cc2)[C@@H]2CCN(C)C[C@H]2C)c1. The largest absolute Gasteiger partial charge is 0.497 e. The van der Waals surface area contributed by atoms with Gasteiger partial charge in [0.2, 0.25) is 0 Å². The summed E-state index contributed by atoms with van der Waals surface area (Å²) in [5, 5.41) is 0. The summed E-state index contributed by atoms with van der Waals surface area (Å²) in [6.07, 6.45) is 1.04. The highest BCUT2D eigenvalue weighted by Crippen LogP contribution is 2.43. The fourth-order valence-corrected chi connectivity index (χ4v) is 5.87. The highest BCUT2D eigenvalue weighted by molar-refractivity contribution is 5.92. The molecule has 3 aromatic carbocycles. The maximum absolute atomic E-state index is 13.7. The number of carbonyl (C=O) groups is 1. The molecule has 226 valence electrons. The summed E-state index contributed by atoms with van der Waals surface area (Å²) < 4.78 is 17.4. The second-order valence-corrected chi connectivity index (χ2v) is 13.7. The normalized spacial score (nSPS) is 18.0. The van der Waals surface area contributed by atoms with Crippen LogP contribution >= 0.6 is 0 Å². The van der Waals surface area contributed by atoms with Gasteiger partial charge >= 0.3 is 5.97 Å². The molecule has 2 atom stereocenters. The lowest BCUT2D eigenvalue weighted by Crippen LogP contribution is -2.47. The van der Waals surface area contributed by atoms with Crippen molar-refractivity contribution in [1.82, 2.24) is 4.90 Å². The van der Waals surface area contributed by atoms with E-state index >= 15 is 0 Å². The summed E-state index contributed by atoms with van der Waals surface area (Å²) in [6.45, 7) is 17.1. The third-order valence-electron chi connectivity index (χ3n) is 8.22. The Bertz CT molecular complexity index is 1350. The van der Waals surface area contributed by atoms with Gasteiger partial charge in [0.1, 0.15) is 17.2 Å². The number of carbonyl (C=O) groups excluding carboxylic acids is 1. The van der Waals surface area contributed by atoms with Crippen LogP contribution in [0.5, 0.6) is 17.2 Å². The van der Waals surface area contributed by atoms with Crippen LogP contribution in [-0.4, -0.2) is 51.3 Å². The minimum atomic E-state index is -0.372. The first-order chi connectivity index (χ1) is 19.7. The molecule has 0 aromatic heterocycles. The predicted octanol–water partition coefficient (Wildman–Crippen LogP) is 8.00. The Hall–Kier alpha value is -3.51. The van der Waals surface area contributed by atoms with E-state index in [0.717, 1.165) is 53.5 Å². The molecule has 1 heterocycles. The number of benzene rings is 3. The maximum Gasteiger partial charge on any atom is 0.343 e. The van der Waals surface area contributed by atoms with E-state index in [1.165, 1.54) is 0 Å². The number of anilines is 2. The number of hydrogen-bond donors (Lipinski definition) is 0. The van der Waals surface area contributed by atoms with Gasteiger partial charge in [-0.3, -0.25) is 0 Å². The van der Waals surface area contributed by atoms with Crippen LogP contribution < -0.4 is 19.1 Å². The van der Waals surface area contributed by atoms with E-state index in [0.29, 0.717) is 23.3 Å². The Balaban J connectivity index is 1.70. The van der Waals surface area contributed by atoms with E-state index in [-0.39, 0.29) is 16.8 Å². The van der Waals surface area contributed by atoms with Gasteiger partial charge in [-0.2, -0.15) is 0 Å². The van der Waals surface area contributed by atoms with E-state index in [9.17, 15) is 4.79 Å². The monoisotopic (exact) mass is 572 g/mol. The van der Waals surface area contributed by atoms with Crippen molar-refractivity contribution in [3.8, 4) is 17.2 Å². The molecule has 6 nitrogen and oxygen atoms in total. The van der Waals surface area contributed by atoms with Crippen molar-refractivity contribution in [3.05, 3.63) is 77.4 Å². The summed E-state index contributed by atoms with van der Waals surface area (Å²) in [6, 6.07) is 20.3. The third-order valence-corrected chi connectivity index (χ3v) is 8.22. The average molecular weight is 573 g/mol. The van der Waals surface area contributed by atoms with Gasteiger partial charge in [0.15, 0.2) is 0 Å². The van der Waals surface area contributed by atoms with Gasteiger partial charge in [-0.15, -0.1) is 0 Å². The van der Waals surface area contributed by atoms with Gasteiger partial charge < -0.3 is 24.0 Å². The first-order valence-corrected chi connectivity index (χ1v) is 14.9. The molecular formula is C36H48N2O4. The van der Waals surface area contributed by atoms with Crippen LogP contribution in [0.25, 0.3) is 0 Å². The molecule has 42 heavy (non-hydrogen) atoms.